The molecule has 0 radical (unpaired) electrons. The van der Waals surface area contributed by atoms with Gasteiger partial charge in [0.05, 0.1) is 47.2 Å². The van der Waals surface area contributed by atoms with Crippen molar-refractivity contribution in [3.63, 3.8) is 0 Å². The topological polar surface area (TPSA) is 209 Å². The molecule has 1 aromatic carbocycles. The molecule has 19 nitrogen and oxygen atoms in total. The summed E-state index contributed by atoms with van der Waals surface area (Å²) in [5.74, 6) is -2.11. The van der Waals surface area contributed by atoms with Crippen molar-refractivity contribution in [1.29, 1.82) is 0 Å². The lowest BCUT2D eigenvalue weighted by Crippen LogP contribution is -2.68. The van der Waals surface area contributed by atoms with Crippen LogP contribution in [0.4, 0.5) is 4.39 Å². The molecule has 5 aliphatic heterocycles. The average molecular weight is 1100 g/mol. The zero-order chi connectivity index (χ0) is 57.2. The Morgan fingerprint density at radius 1 is 1.01 bits per heavy atom. The number of esters is 1. The Balaban J connectivity index is 1.13. The first-order valence-corrected chi connectivity index (χ1v) is 28.4. The largest absolute Gasteiger partial charge is 0.459 e. The van der Waals surface area contributed by atoms with Crippen LogP contribution in [0.1, 0.15) is 137 Å². The number of carbonyl (C=O) groups excluding carboxylic acids is 2. The summed E-state index contributed by atoms with van der Waals surface area (Å²) >= 11 is 0. The van der Waals surface area contributed by atoms with Crippen LogP contribution in [0.15, 0.2) is 36.5 Å². The van der Waals surface area contributed by atoms with Gasteiger partial charge in [0.25, 0.3) is 0 Å². The maximum atomic E-state index is 15.1. The van der Waals surface area contributed by atoms with Crippen molar-refractivity contribution in [3.05, 3.63) is 53.4 Å². The van der Waals surface area contributed by atoms with E-state index in [2.05, 4.69) is 42.2 Å². The Morgan fingerprint density at radius 2 is 1.72 bits per heavy atom. The van der Waals surface area contributed by atoms with Gasteiger partial charge in [-0.25, -0.2) is 9.07 Å². The minimum Gasteiger partial charge on any atom is -0.459 e. The summed E-state index contributed by atoms with van der Waals surface area (Å²) in [5.41, 5.74) is -0.0876. The maximum Gasteiger partial charge on any atom is 0.311 e. The standard InChI is InChI=1S/C58H93FN6O13/c1-16-46-58(11,70)51(67)37(6)63(13)31-33(2)28-57(10)53(35(4)48(36(5)54(69)75-46)76-47-29-56(9,72-15)52(68)38(7)74-47)77-55-50(78-57)44(27-34(3)73-55)62(12)24-23-43-32-65(61-60-43)45(30-59)49(71-14)42-19-17-40(18-20-42)41-21-25-64(26-22-41)39(8)66/h17-21,32-38,44-53,55,67-68,70H,16,22-31H2,1-15H3/t33-,34-,35+,36-,37-,38+,44+,45-,46-,47+,48+,49-,50-,51-,52+,53-,55+,56-,57-,58-/m1/s1. The fraction of sp³-hybridized carbons (Fsp3) is 0.793. The number of aliphatic hydroxyl groups excluding tert-OH is 2. The number of rotatable bonds is 14. The lowest BCUT2D eigenvalue weighted by atomic mass is 9.76. The zero-order valence-electron chi connectivity index (χ0n) is 49.0. The van der Waals surface area contributed by atoms with Crippen LogP contribution in [0.2, 0.25) is 0 Å². The lowest BCUT2D eigenvalue weighted by molar-refractivity contribution is -0.378. The Bertz CT molecular complexity index is 2330. The van der Waals surface area contributed by atoms with Crippen molar-refractivity contribution in [2.75, 3.05) is 61.2 Å². The molecule has 20 atom stereocenters. The number of aromatic nitrogens is 3. The summed E-state index contributed by atoms with van der Waals surface area (Å²) in [6.07, 6.45) is -1.97. The number of nitrogens with zero attached hydrogens (tertiary/aromatic N) is 6. The van der Waals surface area contributed by atoms with E-state index in [0.29, 0.717) is 51.1 Å². The van der Waals surface area contributed by atoms with E-state index in [1.165, 1.54) is 19.6 Å². The maximum absolute atomic E-state index is 15.1. The quantitative estimate of drug-likeness (QED) is 0.194. The van der Waals surface area contributed by atoms with E-state index in [4.69, 9.17) is 37.9 Å². The highest BCUT2D eigenvalue weighted by Crippen LogP contribution is 2.46. The Hall–Kier alpha value is -3.51. The van der Waals surface area contributed by atoms with E-state index in [-0.39, 0.29) is 36.8 Å². The van der Waals surface area contributed by atoms with Crippen molar-refractivity contribution >= 4 is 17.4 Å². The normalized spacial score (nSPS) is 39.5. The van der Waals surface area contributed by atoms with Gasteiger partial charge in [-0.15, -0.1) is 5.10 Å². The number of cyclic esters (lactones) is 1. The molecule has 1 amide bonds. The van der Waals surface area contributed by atoms with Gasteiger partial charge in [-0.1, -0.05) is 56.3 Å². The lowest BCUT2D eigenvalue weighted by Gasteiger charge is -2.56. The molecule has 78 heavy (non-hydrogen) atoms. The monoisotopic (exact) mass is 1100 g/mol. The third-order valence-corrected chi connectivity index (χ3v) is 18.1. The highest BCUT2D eigenvalue weighted by molar-refractivity contribution is 5.76. The molecule has 4 saturated heterocycles. The van der Waals surface area contributed by atoms with Gasteiger partial charge in [0, 0.05) is 84.4 Å². The van der Waals surface area contributed by atoms with Gasteiger partial charge in [-0.2, -0.15) is 0 Å². The minimum absolute atomic E-state index is 0.0318. The Labute approximate surface area is 462 Å². The van der Waals surface area contributed by atoms with Crippen LogP contribution >= 0.6 is 0 Å². The Kier molecular flexibility index (Phi) is 20.5. The van der Waals surface area contributed by atoms with E-state index < -0.39 is 115 Å². The summed E-state index contributed by atoms with van der Waals surface area (Å²) < 4.78 is 69.3. The summed E-state index contributed by atoms with van der Waals surface area (Å²) in [6, 6.07) is 6.50. The summed E-state index contributed by atoms with van der Waals surface area (Å²) in [7, 11) is 7.07. The van der Waals surface area contributed by atoms with Crippen molar-refractivity contribution in [3.8, 4) is 0 Å². The molecule has 0 spiro atoms. The van der Waals surface area contributed by atoms with E-state index in [0.717, 1.165) is 17.5 Å². The van der Waals surface area contributed by atoms with Crippen LogP contribution in [-0.2, 0) is 53.9 Å². The number of carbonyl (C=O) groups is 2. The molecule has 0 saturated carbocycles. The summed E-state index contributed by atoms with van der Waals surface area (Å²) in [5, 5.41) is 43.9. The number of benzene rings is 1. The molecule has 440 valence electrons. The second-order valence-electron chi connectivity index (χ2n) is 24.1. The molecule has 0 bridgehead atoms. The van der Waals surface area contributed by atoms with E-state index in [1.807, 2.05) is 61.9 Å². The number of methoxy groups -OCH3 is 2. The molecule has 7 rings (SSSR count). The number of alkyl halides is 1. The molecule has 3 N–H and O–H groups in total. The minimum atomic E-state index is -1.80. The average Bonchev–Trinajstić information content (AvgIpc) is 3.98. The highest BCUT2D eigenvalue weighted by Gasteiger charge is 2.58. The van der Waals surface area contributed by atoms with Crippen LogP contribution in [0.5, 0.6) is 0 Å². The van der Waals surface area contributed by atoms with Crippen LogP contribution < -0.4 is 0 Å². The second-order valence-corrected chi connectivity index (χ2v) is 24.1. The summed E-state index contributed by atoms with van der Waals surface area (Å²) in [6.45, 7) is 21.9. The van der Waals surface area contributed by atoms with Crippen molar-refractivity contribution < 1.29 is 67.2 Å². The molecule has 5 aliphatic rings. The van der Waals surface area contributed by atoms with Crippen LogP contribution in [0, 0.1) is 17.8 Å². The van der Waals surface area contributed by atoms with Crippen molar-refractivity contribution in [1.82, 2.24) is 29.7 Å². The molecule has 0 aliphatic carbocycles. The van der Waals surface area contributed by atoms with Gasteiger partial charge < -0.3 is 67.9 Å². The van der Waals surface area contributed by atoms with Gasteiger partial charge in [0.2, 0.25) is 5.91 Å². The number of halogens is 1. The van der Waals surface area contributed by atoms with Crippen molar-refractivity contribution in [2.45, 2.75) is 217 Å². The third-order valence-electron chi connectivity index (χ3n) is 18.1. The molecule has 6 heterocycles. The predicted molar refractivity (Wildman–Crippen MR) is 290 cm³/mol. The molecular formula is C58H93FN6O13. The highest BCUT2D eigenvalue weighted by atomic mass is 19.1. The van der Waals surface area contributed by atoms with Gasteiger partial charge in [-0.05, 0) is 111 Å². The van der Waals surface area contributed by atoms with E-state index >= 15 is 4.39 Å². The fourth-order valence-corrected chi connectivity index (χ4v) is 13.1. The third kappa shape index (κ3) is 13.4. The van der Waals surface area contributed by atoms with Gasteiger partial charge in [0.15, 0.2) is 12.6 Å². The van der Waals surface area contributed by atoms with Crippen LogP contribution in [-0.4, -0.2) is 208 Å². The van der Waals surface area contributed by atoms with Crippen LogP contribution in [0.25, 0.3) is 5.57 Å². The number of hydrogen-bond donors (Lipinski definition) is 3. The van der Waals surface area contributed by atoms with E-state index in [9.17, 15) is 24.9 Å². The molecular weight excluding hydrogens is 1010 g/mol. The fourth-order valence-electron chi connectivity index (χ4n) is 13.1. The number of aliphatic hydroxyl groups is 3. The predicted octanol–water partition coefficient (Wildman–Crippen LogP) is 5.68. The second kappa shape index (κ2) is 25.7. The van der Waals surface area contributed by atoms with Gasteiger partial charge >= 0.3 is 5.97 Å². The molecule has 2 aromatic rings. The number of hydrogen-bond acceptors (Lipinski definition) is 17. The zero-order valence-corrected chi connectivity index (χ0v) is 49.0. The van der Waals surface area contributed by atoms with Crippen molar-refractivity contribution in [2.24, 2.45) is 17.8 Å². The van der Waals surface area contributed by atoms with Gasteiger partial charge in [-0.3, -0.25) is 9.59 Å². The van der Waals surface area contributed by atoms with Crippen LogP contribution in [0.3, 0.4) is 0 Å². The molecule has 20 heteroatoms. The molecule has 1 aromatic heterocycles. The van der Waals surface area contributed by atoms with E-state index in [1.54, 1.807) is 52.6 Å². The molecule has 4 fully saturated rings. The number of amides is 1. The number of ether oxygens (including phenoxy) is 8. The first-order chi connectivity index (χ1) is 36.8. The molecule has 0 unspecified atom stereocenters. The summed E-state index contributed by atoms with van der Waals surface area (Å²) in [4.78, 5) is 32.5. The Morgan fingerprint density at radius 3 is 2.33 bits per heavy atom. The SMILES string of the molecule is CC[C@H]1OC(=O)[C@H](C)[C@@H](O[C@H]2C[C@@](C)(OC)[C@@H](O)[C@H](C)O2)[C@H](C)[C@H]2O[C@@H]3O[C@H](C)C[C@H](N(C)CCc4cn([C@H](CF)[C@H](OC)c5ccc(C6=CCN(C(C)=O)CC6)cc5)nn4)[C@H]3O[C@]2(C)C[C@@H](C)CN(C)[C@H](C)[C@@H](O)[C@]1(C)O. The van der Waals surface area contributed by atoms with Gasteiger partial charge in [0.1, 0.15) is 48.8 Å². The first kappa shape index (κ1) is 62.1. The smallest absolute Gasteiger partial charge is 0.311 e. The first-order valence-electron chi connectivity index (χ1n) is 28.4. The number of fused-ring (bicyclic) bond motifs is 2. The number of likely N-dealkylation sites (N-methyl/N-ethyl adjacent to an activating group) is 2.